The maximum atomic E-state index is 9.55. The summed E-state index contributed by atoms with van der Waals surface area (Å²) in [7, 11) is 0. The first-order chi connectivity index (χ1) is 9.70. The SMILES string of the molecule is O[C@H]1CC[C@H](Nc2nc(NCC3CC3)ncc2Br)CC1. The van der Waals surface area contributed by atoms with E-state index in [0.717, 1.165) is 48.4 Å². The van der Waals surface area contributed by atoms with Crippen LogP contribution in [0.4, 0.5) is 11.8 Å². The monoisotopic (exact) mass is 340 g/mol. The molecule has 1 heterocycles. The minimum absolute atomic E-state index is 0.127. The second-order valence-corrected chi connectivity index (χ2v) is 6.72. The third kappa shape index (κ3) is 3.82. The summed E-state index contributed by atoms with van der Waals surface area (Å²) in [5, 5.41) is 16.3. The molecular formula is C14H21BrN4O. The lowest BCUT2D eigenvalue weighted by molar-refractivity contribution is 0.126. The summed E-state index contributed by atoms with van der Waals surface area (Å²) in [5.74, 6) is 2.34. The fourth-order valence-corrected chi connectivity index (χ4v) is 2.83. The fourth-order valence-electron chi connectivity index (χ4n) is 2.52. The van der Waals surface area contributed by atoms with E-state index in [1.165, 1.54) is 12.8 Å². The van der Waals surface area contributed by atoms with Crippen molar-refractivity contribution in [3.63, 3.8) is 0 Å². The van der Waals surface area contributed by atoms with Crippen LogP contribution in [0, 0.1) is 5.92 Å². The predicted molar refractivity (Wildman–Crippen MR) is 82.8 cm³/mol. The molecule has 5 nitrogen and oxygen atoms in total. The van der Waals surface area contributed by atoms with Crippen molar-refractivity contribution in [2.75, 3.05) is 17.2 Å². The molecule has 6 heteroatoms. The molecule has 0 spiro atoms. The van der Waals surface area contributed by atoms with Crippen molar-refractivity contribution in [2.24, 2.45) is 5.92 Å². The van der Waals surface area contributed by atoms with Crippen molar-refractivity contribution >= 4 is 27.7 Å². The van der Waals surface area contributed by atoms with Crippen LogP contribution < -0.4 is 10.6 Å². The molecular weight excluding hydrogens is 320 g/mol. The Balaban J connectivity index is 1.60. The van der Waals surface area contributed by atoms with Crippen molar-refractivity contribution in [2.45, 2.75) is 50.7 Å². The number of aliphatic hydroxyl groups excluding tert-OH is 1. The zero-order valence-electron chi connectivity index (χ0n) is 11.5. The number of nitrogens with zero attached hydrogens (tertiary/aromatic N) is 2. The molecule has 2 fully saturated rings. The van der Waals surface area contributed by atoms with Crippen molar-refractivity contribution in [1.29, 1.82) is 0 Å². The molecule has 0 aliphatic heterocycles. The molecule has 0 saturated heterocycles. The van der Waals surface area contributed by atoms with Gasteiger partial charge in [0.2, 0.25) is 5.95 Å². The van der Waals surface area contributed by atoms with Crippen LogP contribution >= 0.6 is 15.9 Å². The quantitative estimate of drug-likeness (QED) is 0.768. The molecule has 3 rings (SSSR count). The number of rotatable bonds is 5. The summed E-state index contributed by atoms with van der Waals surface area (Å²) in [6, 6.07) is 0.390. The Hall–Kier alpha value is -0.880. The average molecular weight is 341 g/mol. The van der Waals surface area contributed by atoms with Crippen LogP contribution in [0.25, 0.3) is 0 Å². The highest BCUT2D eigenvalue weighted by molar-refractivity contribution is 9.10. The Morgan fingerprint density at radius 3 is 2.65 bits per heavy atom. The summed E-state index contributed by atoms with van der Waals surface area (Å²) in [5.41, 5.74) is 0. The lowest BCUT2D eigenvalue weighted by Gasteiger charge is -2.27. The molecule has 2 aliphatic rings. The average Bonchev–Trinajstić information content (AvgIpc) is 3.26. The van der Waals surface area contributed by atoms with E-state index < -0.39 is 0 Å². The number of anilines is 2. The maximum absolute atomic E-state index is 9.55. The van der Waals surface area contributed by atoms with Crippen molar-refractivity contribution in [1.82, 2.24) is 9.97 Å². The zero-order chi connectivity index (χ0) is 13.9. The molecule has 20 heavy (non-hydrogen) atoms. The summed E-state index contributed by atoms with van der Waals surface area (Å²) in [6.07, 6.45) is 8.02. The summed E-state index contributed by atoms with van der Waals surface area (Å²) in [6.45, 7) is 0.969. The number of aromatic nitrogens is 2. The van der Waals surface area contributed by atoms with Crippen molar-refractivity contribution in [3.8, 4) is 0 Å². The van der Waals surface area contributed by atoms with Gasteiger partial charge in [-0.1, -0.05) is 0 Å². The Morgan fingerprint density at radius 1 is 1.20 bits per heavy atom. The van der Waals surface area contributed by atoms with Gasteiger partial charge in [0, 0.05) is 18.8 Å². The first kappa shape index (κ1) is 14.1. The fraction of sp³-hybridized carbons (Fsp3) is 0.714. The van der Waals surface area contributed by atoms with Crippen LogP contribution in [-0.4, -0.2) is 33.8 Å². The normalized spacial score (nSPS) is 26.3. The lowest BCUT2D eigenvalue weighted by atomic mass is 9.93. The highest BCUT2D eigenvalue weighted by Gasteiger charge is 2.22. The lowest BCUT2D eigenvalue weighted by Crippen LogP contribution is -2.28. The number of aliphatic hydroxyl groups is 1. The van der Waals surface area contributed by atoms with Crippen LogP contribution in [0.5, 0.6) is 0 Å². The van der Waals surface area contributed by atoms with Gasteiger partial charge in [-0.05, 0) is 60.4 Å². The number of hydrogen-bond donors (Lipinski definition) is 3. The first-order valence-corrected chi connectivity index (χ1v) is 8.21. The second kappa shape index (κ2) is 6.26. The van der Waals surface area contributed by atoms with Gasteiger partial charge in [0.05, 0.1) is 10.6 Å². The molecule has 1 aromatic rings. The van der Waals surface area contributed by atoms with E-state index >= 15 is 0 Å². The van der Waals surface area contributed by atoms with Crippen LogP contribution in [0.1, 0.15) is 38.5 Å². The molecule has 110 valence electrons. The van der Waals surface area contributed by atoms with Gasteiger partial charge in [-0.2, -0.15) is 4.98 Å². The van der Waals surface area contributed by atoms with Gasteiger partial charge in [0.1, 0.15) is 5.82 Å². The van der Waals surface area contributed by atoms with Gasteiger partial charge in [-0.3, -0.25) is 0 Å². The van der Waals surface area contributed by atoms with Gasteiger partial charge in [-0.25, -0.2) is 4.98 Å². The van der Waals surface area contributed by atoms with Gasteiger partial charge in [0.15, 0.2) is 0 Å². The molecule has 1 aromatic heterocycles. The maximum Gasteiger partial charge on any atom is 0.224 e. The molecule has 0 atom stereocenters. The highest BCUT2D eigenvalue weighted by Crippen LogP contribution is 2.29. The van der Waals surface area contributed by atoms with E-state index in [-0.39, 0.29) is 6.10 Å². The largest absolute Gasteiger partial charge is 0.393 e. The van der Waals surface area contributed by atoms with Crippen LogP contribution in [0.2, 0.25) is 0 Å². The van der Waals surface area contributed by atoms with E-state index in [2.05, 4.69) is 36.5 Å². The third-order valence-corrected chi connectivity index (χ3v) is 4.61. The standard InChI is InChI=1S/C14H21BrN4O/c15-12-8-17-14(16-7-9-1-2-9)19-13(12)18-10-3-5-11(20)6-4-10/h8-11,20H,1-7H2,(H2,16,17,18,19)/t10-,11-. The Morgan fingerprint density at radius 2 is 1.95 bits per heavy atom. The van der Waals surface area contributed by atoms with E-state index in [1.54, 1.807) is 6.20 Å². The molecule has 0 radical (unpaired) electrons. The molecule has 0 unspecified atom stereocenters. The van der Waals surface area contributed by atoms with E-state index in [9.17, 15) is 5.11 Å². The minimum atomic E-state index is -0.127. The number of nitrogens with one attached hydrogen (secondary N) is 2. The zero-order valence-corrected chi connectivity index (χ0v) is 13.1. The number of hydrogen-bond acceptors (Lipinski definition) is 5. The van der Waals surface area contributed by atoms with Crippen molar-refractivity contribution in [3.05, 3.63) is 10.7 Å². The van der Waals surface area contributed by atoms with Gasteiger partial charge in [0.25, 0.3) is 0 Å². The van der Waals surface area contributed by atoms with Crippen LogP contribution in [-0.2, 0) is 0 Å². The summed E-state index contributed by atoms with van der Waals surface area (Å²) in [4.78, 5) is 8.84. The summed E-state index contributed by atoms with van der Waals surface area (Å²) < 4.78 is 0.889. The van der Waals surface area contributed by atoms with Gasteiger partial charge in [-0.15, -0.1) is 0 Å². The third-order valence-electron chi connectivity index (χ3n) is 4.03. The molecule has 2 saturated carbocycles. The van der Waals surface area contributed by atoms with Crippen LogP contribution in [0.3, 0.4) is 0 Å². The minimum Gasteiger partial charge on any atom is -0.393 e. The van der Waals surface area contributed by atoms with E-state index in [4.69, 9.17) is 0 Å². The Labute approximate surface area is 127 Å². The molecule has 0 amide bonds. The molecule has 0 bridgehead atoms. The van der Waals surface area contributed by atoms with Gasteiger partial charge < -0.3 is 15.7 Å². The van der Waals surface area contributed by atoms with Gasteiger partial charge >= 0.3 is 0 Å². The highest BCUT2D eigenvalue weighted by atomic mass is 79.9. The van der Waals surface area contributed by atoms with E-state index in [1.807, 2.05) is 0 Å². The number of halogens is 1. The Bertz CT molecular complexity index is 458. The summed E-state index contributed by atoms with van der Waals surface area (Å²) >= 11 is 3.50. The van der Waals surface area contributed by atoms with E-state index in [0.29, 0.717) is 12.0 Å². The topological polar surface area (TPSA) is 70.1 Å². The second-order valence-electron chi connectivity index (χ2n) is 5.86. The smallest absolute Gasteiger partial charge is 0.224 e. The molecule has 2 aliphatic carbocycles. The molecule has 3 N–H and O–H groups in total. The molecule has 0 aromatic carbocycles. The first-order valence-electron chi connectivity index (χ1n) is 7.41. The predicted octanol–water partition coefficient (Wildman–Crippen LogP) is 2.78. The Kier molecular flexibility index (Phi) is 4.41. The van der Waals surface area contributed by atoms with Crippen LogP contribution in [0.15, 0.2) is 10.7 Å². The van der Waals surface area contributed by atoms with Crippen molar-refractivity contribution < 1.29 is 5.11 Å².